The van der Waals surface area contributed by atoms with Crippen LogP contribution < -0.4 is 10.1 Å². The molecule has 0 saturated carbocycles. The summed E-state index contributed by atoms with van der Waals surface area (Å²) in [5.41, 5.74) is 0.983. The monoisotopic (exact) mass is 319 g/mol. The molecule has 4 heteroatoms. The Labute approximate surface area is 140 Å². The summed E-state index contributed by atoms with van der Waals surface area (Å²) >= 11 is 0. The Kier molecular flexibility index (Phi) is 4.29. The van der Waals surface area contributed by atoms with E-state index in [1.165, 1.54) is 0 Å². The summed E-state index contributed by atoms with van der Waals surface area (Å²) in [6, 6.07) is 18.2. The number of hydrogen-bond acceptors (Lipinski definition) is 3. The fourth-order valence-electron chi connectivity index (χ4n) is 2.70. The molecule has 0 saturated heterocycles. The SMILES string of the molecule is CC.O=C1NC(=O)c2ccc(Oc3ccccc3)c3cccc1c23. The number of ether oxygens (including phenoxy) is 1. The minimum atomic E-state index is -0.375. The molecule has 0 radical (unpaired) electrons. The van der Waals surface area contributed by atoms with Crippen molar-refractivity contribution >= 4 is 22.6 Å². The predicted molar refractivity (Wildman–Crippen MR) is 93.6 cm³/mol. The summed E-state index contributed by atoms with van der Waals surface area (Å²) in [7, 11) is 0. The second-order valence-electron chi connectivity index (χ2n) is 5.04. The Morgan fingerprint density at radius 1 is 0.750 bits per heavy atom. The highest BCUT2D eigenvalue weighted by molar-refractivity contribution is 6.26. The van der Waals surface area contributed by atoms with Crippen LogP contribution in [0.3, 0.4) is 0 Å². The van der Waals surface area contributed by atoms with Crippen LogP contribution in [0.25, 0.3) is 10.8 Å². The van der Waals surface area contributed by atoms with E-state index in [1.54, 1.807) is 24.3 Å². The molecule has 3 aromatic carbocycles. The molecular formula is C20H17NO3. The van der Waals surface area contributed by atoms with Gasteiger partial charge in [-0.2, -0.15) is 0 Å². The molecule has 0 spiro atoms. The van der Waals surface area contributed by atoms with E-state index in [0.29, 0.717) is 28.0 Å². The van der Waals surface area contributed by atoms with Crippen LogP contribution in [0.5, 0.6) is 11.5 Å². The second-order valence-corrected chi connectivity index (χ2v) is 5.04. The van der Waals surface area contributed by atoms with Gasteiger partial charge in [-0.1, -0.05) is 44.2 Å². The normalized spacial score (nSPS) is 12.2. The molecule has 0 bridgehead atoms. The van der Waals surface area contributed by atoms with Crippen molar-refractivity contribution in [1.29, 1.82) is 0 Å². The van der Waals surface area contributed by atoms with Gasteiger partial charge in [-0.15, -0.1) is 0 Å². The molecule has 2 amide bonds. The molecule has 0 aliphatic carbocycles. The molecule has 4 rings (SSSR count). The third-order valence-electron chi connectivity index (χ3n) is 3.69. The van der Waals surface area contributed by atoms with Gasteiger partial charge >= 0.3 is 0 Å². The van der Waals surface area contributed by atoms with Crippen LogP contribution in [0, 0.1) is 0 Å². The van der Waals surface area contributed by atoms with Crippen LogP contribution in [-0.2, 0) is 0 Å². The summed E-state index contributed by atoms with van der Waals surface area (Å²) in [6.07, 6.45) is 0. The Balaban J connectivity index is 0.000000815. The zero-order valence-electron chi connectivity index (χ0n) is 13.5. The lowest BCUT2D eigenvalue weighted by atomic mass is 9.95. The maximum absolute atomic E-state index is 12.0. The Morgan fingerprint density at radius 2 is 1.42 bits per heavy atom. The van der Waals surface area contributed by atoms with E-state index in [4.69, 9.17) is 4.74 Å². The summed E-state index contributed by atoms with van der Waals surface area (Å²) in [4.78, 5) is 24.0. The molecule has 1 aliphatic rings. The van der Waals surface area contributed by atoms with Gasteiger partial charge in [0.15, 0.2) is 0 Å². The smallest absolute Gasteiger partial charge is 0.258 e. The highest BCUT2D eigenvalue weighted by atomic mass is 16.5. The van der Waals surface area contributed by atoms with Gasteiger partial charge in [0.2, 0.25) is 0 Å². The number of carbonyl (C=O) groups is 2. The number of rotatable bonds is 2. The van der Waals surface area contributed by atoms with Gasteiger partial charge in [0, 0.05) is 21.9 Å². The Hall–Kier alpha value is -3.14. The molecular weight excluding hydrogens is 302 g/mol. The molecule has 0 aromatic heterocycles. The van der Waals surface area contributed by atoms with Crippen molar-refractivity contribution in [3.05, 3.63) is 71.8 Å². The van der Waals surface area contributed by atoms with Crippen molar-refractivity contribution in [1.82, 2.24) is 5.32 Å². The third kappa shape index (κ3) is 2.63. The second kappa shape index (κ2) is 6.54. The standard InChI is InChI=1S/C18H11NO3.C2H6/c20-17-13-8-4-7-12-15(22-11-5-2-1-3-6-11)10-9-14(16(12)13)18(21)19-17;1-2/h1-10H,(H,19,20,21);1-2H3. The van der Waals surface area contributed by atoms with Gasteiger partial charge in [-0.25, -0.2) is 0 Å². The van der Waals surface area contributed by atoms with Gasteiger partial charge in [0.1, 0.15) is 11.5 Å². The molecule has 3 aromatic rings. The topological polar surface area (TPSA) is 55.4 Å². The van der Waals surface area contributed by atoms with E-state index in [9.17, 15) is 9.59 Å². The third-order valence-corrected chi connectivity index (χ3v) is 3.69. The van der Waals surface area contributed by atoms with E-state index in [-0.39, 0.29) is 11.8 Å². The number of imide groups is 1. The molecule has 120 valence electrons. The highest BCUT2D eigenvalue weighted by Crippen LogP contribution is 2.35. The number of hydrogen-bond donors (Lipinski definition) is 1. The fraction of sp³-hybridized carbons (Fsp3) is 0.100. The van der Waals surface area contributed by atoms with Crippen molar-refractivity contribution in [2.75, 3.05) is 0 Å². The first-order valence-corrected chi connectivity index (χ1v) is 7.88. The lowest BCUT2D eigenvalue weighted by Crippen LogP contribution is -2.34. The van der Waals surface area contributed by atoms with E-state index < -0.39 is 0 Å². The minimum absolute atomic E-state index is 0.375. The highest BCUT2D eigenvalue weighted by Gasteiger charge is 2.25. The van der Waals surface area contributed by atoms with Crippen molar-refractivity contribution in [3.63, 3.8) is 0 Å². The van der Waals surface area contributed by atoms with Crippen molar-refractivity contribution in [3.8, 4) is 11.5 Å². The van der Waals surface area contributed by atoms with Gasteiger partial charge in [-0.05, 0) is 30.3 Å². The van der Waals surface area contributed by atoms with E-state index in [0.717, 1.165) is 5.39 Å². The molecule has 1 heterocycles. The van der Waals surface area contributed by atoms with E-state index in [1.807, 2.05) is 50.2 Å². The zero-order chi connectivity index (χ0) is 17.1. The van der Waals surface area contributed by atoms with Crippen LogP contribution in [0.1, 0.15) is 34.6 Å². The number of para-hydroxylation sites is 1. The summed E-state index contributed by atoms with van der Waals surface area (Å²) < 4.78 is 5.90. The van der Waals surface area contributed by atoms with Gasteiger partial charge in [0.05, 0.1) is 0 Å². The molecule has 4 nitrogen and oxygen atoms in total. The average Bonchev–Trinajstić information content (AvgIpc) is 2.63. The Bertz CT molecular complexity index is 897. The Morgan fingerprint density at radius 3 is 2.12 bits per heavy atom. The molecule has 0 unspecified atom stereocenters. The first-order valence-electron chi connectivity index (χ1n) is 7.88. The maximum atomic E-state index is 12.0. The van der Waals surface area contributed by atoms with Crippen molar-refractivity contribution < 1.29 is 14.3 Å². The summed E-state index contributed by atoms with van der Waals surface area (Å²) in [5, 5.41) is 3.74. The lowest BCUT2D eigenvalue weighted by Gasteiger charge is -2.18. The quantitative estimate of drug-likeness (QED) is 0.705. The molecule has 1 N–H and O–H groups in total. The van der Waals surface area contributed by atoms with Crippen molar-refractivity contribution in [2.45, 2.75) is 13.8 Å². The predicted octanol–water partition coefficient (Wildman–Crippen LogP) is 4.54. The van der Waals surface area contributed by atoms with Crippen LogP contribution >= 0.6 is 0 Å². The summed E-state index contributed by atoms with van der Waals surface area (Å²) in [5.74, 6) is 0.573. The van der Waals surface area contributed by atoms with Crippen LogP contribution in [0.4, 0.5) is 0 Å². The fourth-order valence-corrected chi connectivity index (χ4v) is 2.70. The zero-order valence-corrected chi connectivity index (χ0v) is 13.5. The van der Waals surface area contributed by atoms with Crippen LogP contribution in [0.2, 0.25) is 0 Å². The van der Waals surface area contributed by atoms with E-state index >= 15 is 0 Å². The summed E-state index contributed by atoms with van der Waals surface area (Å²) in [6.45, 7) is 4.00. The number of nitrogens with one attached hydrogen (secondary N) is 1. The van der Waals surface area contributed by atoms with Gasteiger partial charge in [-0.3, -0.25) is 14.9 Å². The molecule has 24 heavy (non-hydrogen) atoms. The van der Waals surface area contributed by atoms with Crippen LogP contribution in [0.15, 0.2) is 60.7 Å². The van der Waals surface area contributed by atoms with Gasteiger partial charge in [0.25, 0.3) is 11.8 Å². The number of carbonyl (C=O) groups excluding carboxylic acids is 2. The largest absolute Gasteiger partial charge is 0.457 e. The molecule has 0 atom stereocenters. The number of amides is 2. The first-order chi connectivity index (χ1) is 11.7. The van der Waals surface area contributed by atoms with Crippen LogP contribution in [-0.4, -0.2) is 11.8 Å². The molecule has 0 fully saturated rings. The van der Waals surface area contributed by atoms with Crippen molar-refractivity contribution in [2.24, 2.45) is 0 Å². The first kappa shape index (κ1) is 15.7. The van der Waals surface area contributed by atoms with E-state index in [2.05, 4.69) is 5.32 Å². The number of benzene rings is 3. The van der Waals surface area contributed by atoms with Gasteiger partial charge < -0.3 is 4.74 Å². The molecule has 1 aliphatic heterocycles. The average molecular weight is 319 g/mol. The lowest BCUT2D eigenvalue weighted by molar-refractivity contribution is 0.0845. The maximum Gasteiger partial charge on any atom is 0.258 e. The minimum Gasteiger partial charge on any atom is -0.457 e.